The van der Waals surface area contributed by atoms with Crippen LogP contribution in [0.15, 0.2) is 42.0 Å². The smallest absolute Gasteiger partial charge is 0.138 e. The maximum absolute atomic E-state index is 9.25. The van der Waals surface area contributed by atoms with Gasteiger partial charge < -0.3 is 0 Å². The van der Waals surface area contributed by atoms with Crippen molar-refractivity contribution in [2.24, 2.45) is 0 Å². The average Bonchev–Trinajstić information content (AvgIpc) is 2.75. The molecule has 3 rings (SSSR count). The molecule has 1 aliphatic rings. The largest absolute Gasteiger partial charge is 0.192 e. The molecule has 1 aliphatic carbocycles. The van der Waals surface area contributed by atoms with Gasteiger partial charge in [-0.1, -0.05) is 42.0 Å². The Hall–Kier alpha value is -2.84. The standard InChI is InChI=1S/C18H12N2/c1-11-7-12(2)17-14-5-3-4-6-15(14)18(16(17)8-11)13(9-19)10-20/h3-8H,1-2H3. The molecule has 0 unspecified atom stereocenters. The quantitative estimate of drug-likeness (QED) is 0.568. The second kappa shape index (κ2) is 4.37. The highest BCUT2D eigenvalue weighted by atomic mass is 14.3. The van der Waals surface area contributed by atoms with Crippen molar-refractivity contribution in [3.63, 3.8) is 0 Å². The van der Waals surface area contributed by atoms with Gasteiger partial charge >= 0.3 is 0 Å². The number of hydrogen-bond acceptors (Lipinski definition) is 2. The summed E-state index contributed by atoms with van der Waals surface area (Å²) in [6.07, 6.45) is 0. The Kier molecular flexibility index (Phi) is 2.67. The lowest BCUT2D eigenvalue weighted by atomic mass is 9.96. The molecule has 2 aromatic rings. The third kappa shape index (κ3) is 1.56. The van der Waals surface area contributed by atoms with Crippen LogP contribution < -0.4 is 0 Å². The van der Waals surface area contributed by atoms with Gasteiger partial charge in [-0.15, -0.1) is 0 Å². The summed E-state index contributed by atoms with van der Waals surface area (Å²) in [5, 5.41) is 18.5. The maximum atomic E-state index is 9.25. The third-order valence-corrected chi connectivity index (χ3v) is 3.69. The third-order valence-electron chi connectivity index (χ3n) is 3.69. The van der Waals surface area contributed by atoms with Gasteiger partial charge in [0.05, 0.1) is 0 Å². The van der Waals surface area contributed by atoms with E-state index < -0.39 is 0 Å². The van der Waals surface area contributed by atoms with Crippen molar-refractivity contribution in [2.75, 3.05) is 0 Å². The molecule has 0 fully saturated rings. The van der Waals surface area contributed by atoms with Crippen molar-refractivity contribution in [3.8, 4) is 23.3 Å². The van der Waals surface area contributed by atoms with Gasteiger partial charge in [0, 0.05) is 5.57 Å². The Labute approximate surface area is 118 Å². The zero-order chi connectivity index (χ0) is 14.3. The Balaban J connectivity index is 2.52. The molecule has 0 bridgehead atoms. The molecule has 0 heterocycles. The first-order valence-electron chi connectivity index (χ1n) is 6.43. The Morgan fingerprint density at radius 1 is 0.900 bits per heavy atom. The Morgan fingerprint density at radius 2 is 1.55 bits per heavy atom. The molecule has 0 N–H and O–H groups in total. The van der Waals surface area contributed by atoms with E-state index in [-0.39, 0.29) is 5.57 Å². The number of benzene rings is 2. The maximum Gasteiger partial charge on any atom is 0.138 e. The summed E-state index contributed by atoms with van der Waals surface area (Å²) in [5.41, 5.74) is 7.51. The highest BCUT2D eigenvalue weighted by molar-refractivity contribution is 6.05. The predicted octanol–water partition coefficient (Wildman–Crippen LogP) is 4.13. The van der Waals surface area contributed by atoms with E-state index >= 15 is 0 Å². The second-order valence-electron chi connectivity index (χ2n) is 5.02. The average molecular weight is 256 g/mol. The fourth-order valence-electron chi connectivity index (χ4n) is 2.99. The summed E-state index contributed by atoms with van der Waals surface area (Å²) < 4.78 is 0. The summed E-state index contributed by atoms with van der Waals surface area (Å²) in [5.74, 6) is 0. The van der Waals surface area contributed by atoms with Gasteiger partial charge in [0.25, 0.3) is 0 Å². The summed E-state index contributed by atoms with van der Waals surface area (Å²) in [4.78, 5) is 0. The van der Waals surface area contributed by atoms with E-state index in [1.165, 1.54) is 5.56 Å². The number of fused-ring (bicyclic) bond motifs is 3. The summed E-state index contributed by atoms with van der Waals surface area (Å²) in [6.45, 7) is 4.11. The molecular formula is C18H12N2. The molecule has 0 atom stereocenters. The predicted molar refractivity (Wildman–Crippen MR) is 78.6 cm³/mol. The first-order chi connectivity index (χ1) is 9.67. The topological polar surface area (TPSA) is 47.6 Å². The molecule has 0 saturated heterocycles. The van der Waals surface area contributed by atoms with Gasteiger partial charge in [-0.05, 0) is 41.7 Å². The first-order valence-corrected chi connectivity index (χ1v) is 6.43. The van der Waals surface area contributed by atoms with Crippen LogP contribution in [-0.2, 0) is 0 Å². The van der Waals surface area contributed by atoms with Crippen LogP contribution in [0, 0.1) is 36.5 Å². The van der Waals surface area contributed by atoms with E-state index in [9.17, 15) is 10.5 Å². The van der Waals surface area contributed by atoms with Crippen LogP contribution in [0.4, 0.5) is 0 Å². The van der Waals surface area contributed by atoms with Crippen LogP contribution in [0.5, 0.6) is 0 Å². The van der Waals surface area contributed by atoms with E-state index in [0.717, 1.165) is 33.4 Å². The van der Waals surface area contributed by atoms with Gasteiger partial charge in [0.2, 0.25) is 0 Å². The number of allylic oxidation sites excluding steroid dienone is 1. The van der Waals surface area contributed by atoms with Gasteiger partial charge in [-0.3, -0.25) is 0 Å². The number of hydrogen-bond donors (Lipinski definition) is 0. The zero-order valence-corrected chi connectivity index (χ0v) is 11.4. The molecular weight excluding hydrogens is 244 g/mol. The van der Waals surface area contributed by atoms with Crippen LogP contribution in [0.3, 0.4) is 0 Å². The molecule has 2 aromatic carbocycles. The molecule has 0 aromatic heterocycles. The van der Waals surface area contributed by atoms with Crippen molar-refractivity contribution < 1.29 is 0 Å². The van der Waals surface area contributed by atoms with E-state index in [1.54, 1.807) is 0 Å². The highest BCUT2D eigenvalue weighted by Crippen LogP contribution is 2.47. The fraction of sp³-hybridized carbons (Fsp3) is 0.111. The number of nitriles is 2. The van der Waals surface area contributed by atoms with Crippen LogP contribution in [0.2, 0.25) is 0 Å². The summed E-state index contributed by atoms with van der Waals surface area (Å²) in [7, 11) is 0. The molecule has 0 saturated carbocycles. The van der Waals surface area contributed by atoms with Gasteiger partial charge in [0.1, 0.15) is 17.7 Å². The Morgan fingerprint density at radius 3 is 2.20 bits per heavy atom. The lowest BCUT2D eigenvalue weighted by Crippen LogP contribution is -1.89. The van der Waals surface area contributed by atoms with Gasteiger partial charge in [-0.25, -0.2) is 0 Å². The van der Waals surface area contributed by atoms with E-state index in [0.29, 0.717) is 0 Å². The summed E-state index contributed by atoms with van der Waals surface area (Å²) in [6, 6.07) is 16.2. The number of nitrogens with zero attached hydrogens (tertiary/aromatic N) is 2. The zero-order valence-electron chi connectivity index (χ0n) is 11.4. The SMILES string of the molecule is Cc1cc(C)c2c(c1)C(=C(C#N)C#N)c1ccccc1-2. The molecule has 0 radical (unpaired) electrons. The van der Waals surface area contributed by atoms with E-state index in [1.807, 2.05) is 37.3 Å². The molecule has 0 spiro atoms. The van der Waals surface area contributed by atoms with Crippen LogP contribution in [-0.4, -0.2) is 0 Å². The minimum absolute atomic E-state index is 0.182. The Bertz CT molecular complexity index is 827. The van der Waals surface area contributed by atoms with Crippen molar-refractivity contribution >= 4 is 5.57 Å². The molecule has 0 amide bonds. The monoisotopic (exact) mass is 256 g/mol. The van der Waals surface area contributed by atoms with Crippen LogP contribution in [0.1, 0.15) is 22.3 Å². The number of rotatable bonds is 0. The lowest BCUT2D eigenvalue weighted by molar-refractivity contribution is 1.38. The second-order valence-corrected chi connectivity index (χ2v) is 5.02. The molecule has 2 nitrogen and oxygen atoms in total. The highest BCUT2D eigenvalue weighted by Gasteiger charge is 2.27. The normalized spacial score (nSPS) is 11.3. The first kappa shape index (κ1) is 12.2. The van der Waals surface area contributed by atoms with E-state index in [4.69, 9.17) is 0 Å². The summed E-state index contributed by atoms with van der Waals surface area (Å²) >= 11 is 0. The van der Waals surface area contributed by atoms with Crippen molar-refractivity contribution in [3.05, 3.63) is 64.2 Å². The molecule has 2 heteroatoms. The van der Waals surface area contributed by atoms with Crippen molar-refractivity contribution in [2.45, 2.75) is 13.8 Å². The minimum atomic E-state index is 0.182. The van der Waals surface area contributed by atoms with Gasteiger partial charge in [0.15, 0.2) is 0 Å². The van der Waals surface area contributed by atoms with E-state index in [2.05, 4.69) is 25.1 Å². The molecule has 20 heavy (non-hydrogen) atoms. The number of aryl methyl sites for hydroxylation is 2. The lowest BCUT2D eigenvalue weighted by Gasteiger charge is -2.07. The van der Waals surface area contributed by atoms with Crippen molar-refractivity contribution in [1.29, 1.82) is 10.5 Å². The minimum Gasteiger partial charge on any atom is -0.192 e. The fourth-order valence-corrected chi connectivity index (χ4v) is 2.99. The van der Waals surface area contributed by atoms with Crippen LogP contribution in [0.25, 0.3) is 16.7 Å². The molecule has 94 valence electrons. The van der Waals surface area contributed by atoms with Gasteiger partial charge in [-0.2, -0.15) is 10.5 Å². The van der Waals surface area contributed by atoms with Crippen molar-refractivity contribution in [1.82, 2.24) is 0 Å². The van der Waals surface area contributed by atoms with Crippen LogP contribution >= 0.6 is 0 Å². The molecule has 0 aliphatic heterocycles.